The van der Waals surface area contributed by atoms with Crippen molar-refractivity contribution in [1.82, 2.24) is 5.32 Å². The average Bonchev–Trinajstić information content (AvgIpc) is 2.16. The van der Waals surface area contributed by atoms with Crippen molar-refractivity contribution in [1.29, 1.82) is 0 Å². The number of carboxylic acid groups (broad SMARTS) is 1. The number of hydrogen-bond donors (Lipinski definition) is 3. The zero-order chi connectivity index (χ0) is 12.2. The Morgan fingerprint density at radius 1 is 1.44 bits per heavy atom. The average molecular weight is 244 g/mol. The maximum atomic E-state index is 11.0. The molecule has 1 rings (SSSR count). The minimum atomic E-state index is -3.71. The van der Waals surface area contributed by atoms with Gasteiger partial charge in [0.05, 0.1) is 11.4 Å². The van der Waals surface area contributed by atoms with Crippen LogP contribution in [0.15, 0.2) is 29.2 Å². The lowest BCUT2D eigenvalue weighted by atomic mass is 10.2. The van der Waals surface area contributed by atoms with Crippen LogP contribution in [0.25, 0.3) is 0 Å². The molecule has 0 amide bonds. The van der Waals surface area contributed by atoms with Crippen LogP contribution < -0.4 is 10.5 Å². The Morgan fingerprint density at radius 3 is 2.69 bits per heavy atom. The summed E-state index contributed by atoms with van der Waals surface area (Å²) in [5.74, 6) is -0.970. The lowest BCUT2D eigenvalue weighted by molar-refractivity contribution is -0.135. The van der Waals surface area contributed by atoms with Gasteiger partial charge in [0.25, 0.3) is 0 Å². The van der Waals surface area contributed by atoms with Crippen LogP contribution in [0.5, 0.6) is 0 Å². The number of nitrogens with two attached hydrogens (primary N) is 1. The standard InChI is InChI=1S/C9H12N2O4S/c10-16(14,15)8-3-1-2-7(4-8)5-11-6-9(12)13/h1-4,11H,5-6H2,(H,12,13)(H2,10,14,15). The van der Waals surface area contributed by atoms with Gasteiger partial charge < -0.3 is 10.4 Å². The van der Waals surface area contributed by atoms with E-state index in [0.717, 1.165) is 0 Å². The molecule has 4 N–H and O–H groups in total. The van der Waals surface area contributed by atoms with E-state index >= 15 is 0 Å². The molecular formula is C9H12N2O4S. The molecule has 0 saturated heterocycles. The summed E-state index contributed by atoms with van der Waals surface area (Å²) >= 11 is 0. The Bertz CT molecular complexity index is 484. The minimum absolute atomic E-state index is 0.0159. The third-order valence-corrected chi connectivity index (χ3v) is 2.74. The van der Waals surface area contributed by atoms with E-state index in [-0.39, 0.29) is 18.0 Å². The third-order valence-electron chi connectivity index (χ3n) is 1.83. The number of rotatable bonds is 5. The lowest BCUT2D eigenvalue weighted by Gasteiger charge is -2.04. The Hall–Kier alpha value is -1.44. The van der Waals surface area contributed by atoms with Gasteiger partial charge in [0.1, 0.15) is 0 Å². The van der Waals surface area contributed by atoms with Gasteiger partial charge in [-0.1, -0.05) is 12.1 Å². The van der Waals surface area contributed by atoms with E-state index in [2.05, 4.69) is 5.32 Å². The number of nitrogens with one attached hydrogen (secondary N) is 1. The second-order valence-corrected chi connectivity index (χ2v) is 4.75. The predicted molar refractivity (Wildman–Crippen MR) is 57.2 cm³/mol. The molecule has 1 aromatic carbocycles. The normalized spacial score (nSPS) is 11.3. The number of aliphatic carboxylic acids is 1. The van der Waals surface area contributed by atoms with Crippen LogP contribution in [0.3, 0.4) is 0 Å². The SMILES string of the molecule is NS(=O)(=O)c1cccc(CNCC(=O)O)c1. The molecule has 0 aliphatic heterocycles. The van der Waals surface area contributed by atoms with E-state index in [0.29, 0.717) is 5.56 Å². The molecule has 7 heteroatoms. The fraction of sp³-hybridized carbons (Fsp3) is 0.222. The molecule has 0 aromatic heterocycles. The van der Waals surface area contributed by atoms with Crippen LogP contribution >= 0.6 is 0 Å². The van der Waals surface area contributed by atoms with Crippen LogP contribution in [0.4, 0.5) is 0 Å². The molecule has 0 spiro atoms. The zero-order valence-electron chi connectivity index (χ0n) is 8.38. The molecule has 6 nitrogen and oxygen atoms in total. The van der Waals surface area contributed by atoms with Crippen LogP contribution in [0.1, 0.15) is 5.56 Å². The summed E-state index contributed by atoms with van der Waals surface area (Å²) in [7, 11) is -3.71. The van der Waals surface area contributed by atoms with Crippen molar-refractivity contribution in [3.8, 4) is 0 Å². The summed E-state index contributed by atoms with van der Waals surface area (Å²) in [6.07, 6.45) is 0. The van der Waals surface area contributed by atoms with Crippen molar-refractivity contribution in [3.63, 3.8) is 0 Å². The summed E-state index contributed by atoms with van der Waals surface area (Å²) in [6.45, 7) is 0.0925. The first kappa shape index (κ1) is 12.6. The van der Waals surface area contributed by atoms with Crippen LogP contribution in [0.2, 0.25) is 0 Å². The van der Waals surface area contributed by atoms with Gasteiger partial charge in [-0.3, -0.25) is 4.79 Å². The van der Waals surface area contributed by atoms with E-state index in [1.165, 1.54) is 12.1 Å². The Labute approximate surface area is 93.1 Å². The first-order chi connectivity index (χ1) is 7.39. The van der Waals surface area contributed by atoms with Gasteiger partial charge in [0.2, 0.25) is 10.0 Å². The second-order valence-electron chi connectivity index (χ2n) is 3.19. The largest absolute Gasteiger partial charge is 0.480 e. The molecule has 1 aromatic rings. The van der Waals surface area contributed by atoms with Gasteiger partial charge in [0.15, 0.2) is 0 Å². The summed E-state index contributed by atoms with van der Waals surface area (Å²) < 4.78 is 22.1. The number of hydrogen-bond acceptors (Lipinski definition) is 4. The van der Waals surface area contributed by atoms with Gasteiger partial charge in [-0.25, -0.2) is 13.6 Å². The number of benzene rings is 1. The summed E-state index contributed by atoms with van der Waals surface area (Å²) in [4.78, 5) is 10.3. The molecule has 88 valence electrons. The molecule has 0 atom stereocenters. The van der Waals surface area contributed by atoms with Crippen molar-refractivity contribution >= 4 is 16.0 Å². The van der Waals surface area contributed by atoms with Crippen molar-refractivity contribution in [2.24, 2.45) is 5.14 Å². The first-order valence-corrected chi connectivity index (χ1v) is 5.98. The second kappa shape index (κ2) is 5.06. The van der Waals surface area contributed by atoms with Crippen molar-refractivity contribution < 1.29 is 18.3 Å². The molecular weight excluding hydrogens is 232 g/mol. The summed E-state index contributed by atoms with van der Waals surface area (Å²) in [5.41, 5.74) is 0.660. The maximum absolute atomic E-state index is 11.0. The highest BCUT2D eigenvalue weighted by molar-refractivity contribution is 7.89. The topological polar surface area (TPSA) is 109 Å². The summed E-state index contributed by atoms with van der Waals surface area (Å²) in [5, 5.41) is 16.0. The first-order valence-electron chi connectivity index (χ1n) is 4.44. The molecule has 16 heavy (non-hydrogen) atoms. The van der Waals surface area contributed by atoms with Gasteiger partial charge in [-0.2, -0.15) is 0 Å². The summed E-state index contributed by atoms with van der Waals surface area (Å²) in [6, 6.07) is 6.03. The number of carboxylic acids is 1. The smallest absolute Gasteiger partial charge is 0.317 e. The molecule has 0 heterocycles. The molecule has 0 saturated carbocycles. The van der Waals surface area contributed by atoms with Gasteiger partial charge in [-0.05, 0) is 17.7 Å². The van der Waals surface area contributed by atoms with Gasteiger partial charge in [0, 0.05) is 6.54 Å². The fourth-order valence-electron chi connectivity index (χ4n) is 1.15. The van der Waals surface area contributed by atoms with E-state index in [4.69, 9.17) is 10.2 Å². The Morgan fingerprint density at radius 2 is 2.12 bits per heavy atom. The van der Waals surface area contributed by atoms with Crippen molar-refractivity contribution in [3.05, 3.63) is 29.8 Å². The van der Waals surface area contributed by atoms with Crippen LogP contribution in [0, 0.1) is 0 Å². The van der Waals surface area contributed by atoms with E-state index in [1.807, 2.05) is 0 Å². The number of primary sulfonamides is 1. The highest BCUT2D eigenvalue weighted by Crippen LogP contribution is 2.09. The zero-order valence-corrected chi connectivity index (χ0v) is 9.20. The van der Waals surface area contributed by atoms with E-state index in [9.17, 15) is 13.2 Å². The molecule has 0 aliphatic rings. The molecule has 0 aliphatic carbocycles. The molecule has 0 fully saturated rings. The van der Waals surface area contributed by atoms with Crippen molar-refractivity contribution in [2.75, 3.05) is 6.54 Å². The lowest BCUT2D eigenvalue weighted by Crippen LogP contribution is -2.22. The third kappa shape index (κ3) is 3.97. The van der Waals surface area contributed by atoms with Gasteiger partial charge >= 0.3 is 5.97 Å². The molecule has 0 radical (unpaired) electrons. The van der Waals surface area contributed by atoms with Crippen LogP contribution in [-0.4, -0.2) is 26.0 Å². The van der Waals surface area contributed by atoms with Gasteiger partial charge in [-0.15, -0.1) is 0 Å². The minimum Gasteiger partial charge on any atom is -0.480 e. The van der Waals surface area contributed by atoms with Crippen molar-refractivity contribution in [2.45, 2.75) is 11.4 Å². The van der Waals surface area contributed by atoms with E-state index in [1.54, 1.807) is 12.1 Å². The Kier molecular flexibility index (Phi) is 3.99. The molecule has 0 bridgehead atoms. The fourth-order valence-corrected chi connectivity index (χ4v) is 1.73. The van der Waals surface area contributed by atoms with E-state index < -0.39 is 16.0 Å². The number of sulfonamides is 1. The predicted octanol–water partition coefficient (Wildman–Crippen LogP) is -0.492. The molecule has 0 unspecified atom stereocenters. The van der Waals surface area contributed by atoms with Crippen LogP contribution in [-0.2, 0) is 21.4 Å². The quantitative estimate of drug-likeness (QED) is 0.647. The maximum Gasteiger partial charge on any atom is 0.317 e. The number of carbonyl (C=O) groups is 1. The highest BCUT2D eigenvalue weighted by Gasteiger charge is 2.07. The Balaban J connectivity index is 2.72. The highest BCUT2D eigenvalue weighted by atomic mass is 32.2. The monoisotopic (exact) mass is 244 g/mol.